The van der Waals surface area contributed by atoms with Gasteiger partial charge in [-0.05, 0) is 122 Å². The third kappa shape index (κ3) is 13.1. The number of hydrogen-bond acceptors (Lipinski definition) is 0. The van der Waals surface area contributed by atoms with Crippen LogP contribution in [0.25, 0.3) is 45.0 Å². The van der Waals surface area contributed by atoms with Crippen molar-refractivity contribution in [1.29, 1.82) is 0 Å². The fourth-order valence-corrected chi connectivity index (χ4v) is 7.85. The van der Waals surface area contributed by atoms with Crippen LogP contribution in [0.15, 0.2) is 170 Å². The van der Waals surface area contributed by atoms with Gasteiger partial charge >= 0.3 is 0 Å². The molecule has 4 heteroatoms. The van der Waals surface area contributed by atoms with Crippen molar-refractivity contribution >= 4 is 0 Å². The Morgan fingerprint density at radius 2 is 0.939 bits per heavy atom. The minimum Gasteiger partial charge on any atom is -0.201 e. The molecule has 4 aromatic heterocycles. The normalized spacial score (nSPS) is 15.3. The lowest BCUT2D eigenvalue weighted by Crippen LogP contribution is -2.31. The Labute approximate surface area is 412 Å². The van der Waals surface area contributed by atoms with E-state index in [2.05, 4.69) is 81.0 Å². The Kier molecular flexibility index (Phi) is 13.8. The largest absolute Gasteiger partial charge is 0.215 e. The first-order valence-corrected chi connectivity index (χ1v) is 22.6. The van der Waals surface area contributed by atoms with Crippen molar-refractivity contribution in [3.63, 3.8) is 0 Å². The van der Waals surface area contributed by atoms with Crippen LogP contribution in [0.5, 0.6) is 0 Å². The van der Waals surface area contributed by atoms with E-state index in [1.54, 1.807) is 25.3 Å². The van der Waals surface area contributed by atoms with E-state index in [1.165, 1.54) is 36.2 Å². The third-order valence-corrected chi connectivity index (χ3v) is 11.9. The van der Waals surface area contributed by atoms with Crippen LogP contribution in [0.2, 0.25) is 0 Å². The molecule has 0 aliphatic carbocycles. The topological polar surface area (TPSA) is 15.5 Å². The molecule has 0 amide bonds. The molecule has 4 nitrogen and oxygen atoms in total. The second-order valence-electron chi connectivity index (χ2n) is 16.9. The van der Waals surface area contributed by atoms with E-state index in [1.807, 2.05) is 152 Å². The van der Waals surface area contributed by atoms with Gasteiger partial charge in [-0.2, -0.15) is 0 Å². The predicted octanol–water partition coefficient (Wildman–Crippen LogP) is 13.3. The zero-order chi connectivity index (χ0) is 56.6. The average molecular weight is 887 g/mol. The maximum absolute atomic E-state index is 8.23. The molecule has 0 bridgehead atoms. The summed E-state index contributed by atoms with van der Waals surface area (Å²) in [5, 5.41) is 0. The highest BCUT2D eigenvalue weighted by atomic mass is 14.9. The van der Waals surface area contributed by atoms with Crippen LogP contribution in [-0.2, 0) is 41.0 Å². The van der Waals surface area contributed by atoms with E-state index in [-0.39, 0.29) is 0 Å². The van der Waals surface area contributed by atoms with Crippen LogP contribution in [0, 0.1) is 27.7 Å². The van der Waals surface area contributed by atoms with Crippen molar-refractivity contribution in [2.24, 2.45) is 28.2 Å². The zero-order valence-corrected chi connectivity index (χ0v) is 41.2. The molecule has 4 heterocycles. The summed E-state index contributed by atoms with van der Waals surface area (Å²) in [5.41, 5.74) is 16.6. The summed E-state index contributed by atoms with van der Waals surface area (Å²) in [7, 11) is 7.85. The summed E-state index contributed by atoms with van der Waals surface area (Å²) >= 11 is 0. The molecular weight excluding hydrogens is 801 g/mol. The van der Waals surface area contributed by atoms with Crippen LogP contribution in [0.1, 0.15) is 111 Å². The van der Waals surface area contributed by atoms with Gasteiger partial charge in [0.15, 0.2) is 24.8 Å². The molecule has 0 fully saturated rings. The quantitative estimate of drug-likeness (QED) is 0.135. The molecular formula is C62H76N4+4. The molecule has 66 heavy (non-hydrogen) atoms. The number of aryl methyl sites for hydroxylation is 10. The highest BCUT2D eigenvalue weighted by molar-refractivity contribution is 5.65. The summed E-state index contributed by atoms with van der Waals surface area (Å²) < 4.78 is 85.7. The van der Waals surface area contributed by atoms with E-state index in [9.17, 15) is 0 Å². The number of aromatic nitrogens is 4. The molecule has 0 spiro atoms. The first-order chi connectivity index (χ1) is 35.4. The molecule has 2 atom stereocenters. The molecule has 0 aliphatic heterocycles. The van der Waals surface area contributed by atoms with Gasteiger partial charge in [0.25, 0.3) is 0 Å². The smallest absolute Gasteiger partial charge is 0.201 e. The van der Waals surface area contributed by atoms with Gasteiger partial charge in [0.2, 0.25) is 22.8 Å². The van der Waals surface area contributed by atoms with Crippen LogP contribution < -0.4 is 18.3 Å². The SMILES string of the molecule is CCc1cc[n+](C)c(-c2ccccc2C)c1.[2H]C([2H])(C)c1ccc[n+](C)c1-c1ccccc1C.[2H]C([2H])([2H])C([2H])(C)c1cc[n+](C)c(-c2ccccc2C)c1.[2H]C([2H])([2H])C([2H])(C)c1ccc(-c2ccccc2C)[n+](C)c1. The van der Waals surface area contributed by atoms with Gasteiger partial charge in [0, 0.05) is 83.5 Å². The third-order valence-electron chi connectivity index (χ3n) is 11.9. The number of nitrogens with zero attached hydrogens (tertiary/aromatic N) is 4. The summed E-state index contributed by atoms with van der Waals surface area (Å²) in [4.78, 5) is 0. The Hall–Kier alpha value is -6.52. The second kappa shape index (κ2) is 24.1. The number of rotatable bonds is 8. The van der Waals surface area contributed by atoms with Gasteiger partial charge < -0.3 is 0 Å². The lowest BCUT2D eigenvalue weighted by molar-refractivity contribution is -0.661. The molecule has 0 aliphatic rings. The van der Waals surface area contributed by atoms with Crippen LogP contribution >= 0.6 is 0 Å². The minimum absolute atomic E-state index is 0.488. The Morgan fingerprint density at radius 3 is 1.42 bits per heavy atom. The number of hydrogen-bond donors (Lipinski definition) is 0. The summed E-state index contributed by atoms with van der Waals surface area (Å²) in [6, 6.07) is 48.0. The van der Waals surface area contributed by atoms with E-state index in [0.717, 1.165) is 62.4 Å². The molecule has 0 saturated carbocycles. The Balaban J connectivity index is 0.000000188. The van der Waals surface area contributed by atoms with Gasteiger partial charge in [-0.15, -0.1) is 0 Å². The molecule has 0 saturated heterocycles. The Morgan fingerprint density at radius 1 is 0.470 bits per heavy atom. The first-order valence-electron chi connectivity index (χ1n) is 27.6. The van der Waals surface area contributed by atoms with Crippen molar-refractivity contribution in [3.05, 3.63) is 215 Å². The van der Waals surface area contributed by atoms with Crippen LogP contribution in [0.3, 0.4) is 0 Å². The molecule has 8 rings (SSSR count). The van der Waals surface area contributed by atoms with E-state index < -0.39 is 31.9 Å². The fourth-order valence-electron chi connectivity index (χ4n) is 7.85. The fraction of sp³-hybridized carbons (Fsp3) is 0.290. The summed E-state index contributed by atoms with van der Waals surface area (Å²) in [6.07, 6.45) is 7.38. The summed E-state index contributed by atoms with van der Waals surface area (Å²) in [5.74, 6) is -3.24. The van der Waals surface area contributed by atoms with E-state index in [4.69, 9.17) is 13.7 Å². The molecule has 8 aromatic rings. The highest BCUT2D eigenvalue weighted by Gasteiger charge is 2.17. The minimum atomic E-state index is -2.37. The van der Waals surface area contributed by atoms with Crippen molar-refractivity contribution in [1.82, 2.24) is 0 Å². The maximum atomic E-state index is 8.23. The number of pyridine rings is 4. The van der Waals surface area contributed by atoms with E-state index >= 15 is 0 Å². The van der Waals surface area contributed by atoms with Gasteiger partial charge in [0.05, 0.1) is 0 Å². The lowest BCUT2D eigenvalue weighted by Gasteiger charge is -2.08. The number of benzene rings is 4. The van der Waals surface area contributed by atoms with Crippen LogP contribution in [0.4, 0.5) is 0 Å². The Bertz CT molecular complexity index is 3260. The van der Waals surface area contributed by atoms with Gasteiger partial charge in [-0.25, -0.2) is 18.3 Å². The van der Waals surface area contributed by atoms with Gasteiger partial charge in [-0.3, -0.25) is 0 Å². The monoisotopic (exact) mass is 887 g/mol. The predicted molar refractivity (Wildman–Crippen MR) is 278 cm³/mol. The molecule has 0 N–H and O–H groups in total. The molecule has 4 aromatic carbocycles. The molecule has 0 radical (unpaired) electrons. The van der Waals surface area contributed by atoms with Gasteiger partial charge in [-0.1, -0.05) is 114 Å². The lowest BCUT2D eigenvalue weighted by atomic mass is 9.99. The zero-order valence-electron chi connectivity index (χ0n) is 51.2. The second-order valence-corrected chi connectivity index (χ2v) is 16.9. The standard InChI is InChI=1S/2C16H20N.2C15H18N/c1-12(2)14-9-10-17(4)16(11-14)15-8-6-5-7-13(15)3;1-12(2)14-9-10-16(17(4)11-14)15-8-6-5-7-13(15)3;1-4-13-9-7-11-16(3)15(13)14-10-6-5-8-12(14)2;1-4-13-9-10-16(3)15(11-13)14-8-6-5-7-12(14)2/h2*5-12H,1-4H3;2*5-11H,4H2,1-3H3/q4*+1/i2*1D3,12D;4D2;. The van der Waals surface area contributed by atoms with Crippen LogP contribution in [-0.4, -0.2) is 0 Å². The van der Waals surface area contributed by atoms with Crippen molar-refractivity contribution in [3.8, 4) is 45.0 Å². The van der Waals surface area contributed by atoms with Crippen molar-refractivity contribution in [2.75, 3.05) is 0 Å². The average Bonchev–Trinajstić information content (AvgIpc) is 3.35. The van der Waals surface area contributed by atoms with Crippen molar-refractivity contribution in [2.45, 2.75) is 93.7 Å². The summed E-state index contributed by atoms with van der Waals surface area (Å²) in [6.45, 7) is 10.2. The highest BCUT2D eigenvalue weighted by Crippen LogP contribution is 2.26. The van der Waals surface area contributed by atoms with Gasteiger partial charge in [0.1, 0.15) is 28.2 Å². The van der Waals surface area contributed by atoms with E-state index in [0.29, 0.717) is 11.1 Å². The first kappa shape index (κ1) is 37.7. The maximum Gasteiger partial charge on any atom is 0.215 e. The molecule has 2 unspecified atom stereocenters. The van der Waals surface area contributed by atoms with Crippen molar-refractivity contribution < 1.29 is 32.0 Å². The molecule has 340 valence electrons.